The Morgan fingerprint density at radius 1 is 0.880 bits per heavy atom. The fourth-order valence-corrected chi connectivity index (χ4v) is 3.30. The van der Waals surface area contributed by atoms with Gasteiger partial charge in [0.2, 0.25) is 0 Å². The van der Waals surface area contributed by atoms with Crippen LogP contribution >= 0.6 is 0 Å². The third kappa shape index (κ3) is 4.95. The van der Waals surface area contributed by atoms with Gasteiger partial charge in [0.1, 0.15) is 5.75 Å². The molecule has 2 saturated heterocycles. The zero-order chi connectivity index (χ0) is 17.5. The third-order valence-corrected chi connectivity index (χ3v) is 4.80. The smallest absolute Gasteiger partial charge is 0.260 e. The summed E-state index contributed by atoms with van der Waals surface area (Å²) in [6.07, 6.45) is 4.34. The van der Waals surface area contributed by atoms with Crippen molar-refractivity contribution in [2.45, 2.75) is 25.7 Å². The molecule has 0 radical (unpaired) electrons. The molecule has 0 aliphatic carbocycles. The monoisotopic (exact) mass is 345 g/mol. The van der Waals surface area contributed by atoms with Crippen LogP contribution in [0.15, 0.2) is 24.3 Å². The molecule has 3 rings (SSSR count). The number of carbonyl (C=O) groups is 2. The van der Waals surface area contributed by atoms with Crippen molar-refractivity contribution in [3.63, 3.8) is 0 Å². The lowest BCUT2D eigenvalue weighted by molar-refractivity contribution is -0.134. The van der Waals surface area contributed by atoms with Crippen LogP contribution < -0.4 is 10.1 Å². The molecule has 2 fully saturated rings. The molecule has 25 heavy (non-hydrogen) atoms. The van der Waals surface area contributed by atoms with E-state index in [0.717, 1.165) is 58.5 Å². The molecule has 0 unspecified atom stereocenters. The molecule has 2 amide bonds. The zero-order valence-electron chi connectivity index (χ0n) is 14.7. The molecule has 0 bridgehead atoms. The first-order chi connectivity index (χ1) is 12.2. The van der Waals surface area contributed by atoms with E-state index in [-0.39, 0.29) is 18.4 Å². The fraction of sp³-hybridized carbons (Fsp3) is 0.579. The van der Waals surface area contributed by atoms with Gasteiger partial charge in [-0.2, -0.15) is 0 Å². The van der Waals surface area contributed by atoms with Crippen LogP contribution in [0.5, 0.6) is 5.75 Å². The Labute approximate surface area is 149 Å². The van der Waals surface area contributed by atoms with Crippen LogP contribution in [0.4, 0.5) is 0 Å². The number of nitrogens with one attached hydrogen (secondary N) is 1. The van der Waals surface area contributed by atoms with E-state index in [4.69, 9.17) is 4.74 Å². The van der Waals surface area contributed by atoms with Crippen LogP contribution in [0.2, 0.25) is 0 Å². The summed E-state index contributed by atoms with van der Waals surface area (Å²) in [5.74, 6) is 0.719. The van der Waals surface area contributed by atoms with Gasteiger partial charge in [0.25, 0.3) is 11.8 Å². The number of nitrogens with zero attached hydrogens (tertiary/aromatic N) is 2. The maximum atomic E-state index is 12.5. The number of likely N-dealkylation sites (tertiary alicyclic amines) is 1. The first-order valence-electron chi connectivity index (χ1n) is 9.25. The number of ether oxygens (including phenoxy) is 1. The zero-order valence-corrected chi connectivity index (χ0v) is 14.7. The van der Waals surface area contributed by atoms with Crippen LogP contribution in [0, 0.1) is 0 Å². The van der Waals surface area contributed by atoms with Crippen LogP contribution in [0.1, 0.15) is 36.0 Å². The molecular weight excluding hydrogens is 318 g/mol. The van der Waals surface area contributed by atoms with E-state index >= 15 is 0 Å². The lowest BCUT2D eigenvalue weighted by atomic mass is 10.1. The Bertz CT molecular complexity index is 574. The summed E-state index contributed by atoms with van der Waals surface area (Å²) < 4.78 is 5.60. The molecule has 1 aromatic rings. The predicted molar refractivity (Wildman–Crippen MR) is 95.8 cm³/mol. The molecule has 2 aliphatic heterocycles. The van der Waals surface area contributed by atoms with Crippen molar-refractivity contribution < 1.29 is 14.3 Å². The number of rotatable bonds is 4. The van der Waals surface area contributed by atoms with E-state index in [1.54, 1.807) is 24.3 Å². The Morgan fingerprint density at radius 3 is 2.36 bits per heavy atom. The highest BCUT2D eigenvalue weighted by molar-refractivity contribution is 5.94. The van der Waals surface area contributed by atoms with E-state index in [1.165, 1.54) is 6.42 Å². The summed E-state index contributed by atoms with van der Waals surface area (Å²) in [7, 11) is 0. The fourth-order valence-electron chi connectivity index (χ4n) is 3.30. The van der Waals surface area contributed by atoms with Gasteiger partial charge in [0.15, 0.2) is 6.61 Å². The Hall–Kier alpha value is -2.08. The minimum atomic E-state index is 0.0388. The molecule has 0 aromatic heterocycles. The highest BCUT2D eigenvalue weighted by Crippen LogP contribution is 2.15. The lowest BCUT2D eigenvalue weighted by Crippen LogP contribution is -2.38. The first kappa shape index (κ1) is 17.7. The molecule has 136 valence electrons. The van der Waals surface area contributed by atoms with Crippen molar-refractivity contribution in [1.29, 1.82) is 0 Å². The summed E-state index contributed by atoms with van der Waals surface area (Å²) in [5, 5.41) is 3.30. The maximum absolute atomic E-state index is 12.5. The molecule has 6 heteroatoms. The van der Waals surface area contributed by atoms with Gasteiger partial charge >= 0.3 is 0 Å². The van der Waals surface area contributed by atoms with E-state index in [9.17, 15) is 9.59 Å². The molecule has 1 aromatic carbocycles. The second-order valence-electron chi connectivity index (χ2n) is 6.65. The van der Waals surface area contributed by atoms with Gasteiger partial charge in [0, 0.05) is 38.3 Å². The van der Waals surface area contributed by atoms with Gasteiger partial charge < -0.3 is 19.9 Å². The van der Waals surface area contributed by atoms with Crippen molar-refractivity contribution >= 4 is 11.8 Å². The Morgan fingerprint density at radius 2 is 1.60 bits per heavy atom. The van der Waals surface area contributed by atoms with Crippen LogP contribution in [0.3, 0.4) is 0 Å². The highest BCUT2D eigenvalue weighted by atomic mass is 16.5. The number of amides is 2. The maximum Gasteiger partial charge on any atom is 0.260 e. The molecule has 2 aliphatic rings. The van der Waals surface area contributed by atoms with Crippen molar-refractivity contribution in [3.8, 4) is 5.75 Å². The van der Waals surface area contributed by atoms with Crippen molar-refractivity contribution in [1.82, 2.24) is 15.1 Å². The molecule has 2 heterocycles. The second kappa shape index (κ2) is 8.85. The van der Waals surface area contributed by atoms with E-state index in [0.29, 0.717) is 11.3 Å². The standard InChI is InChI=1S/C19H27N3O3/c23-18(21-11-2-1-3-12-21)15-25-17-7-5-16(6-8-17)19(24)22-13-4-9-20-10-14-22/h5-8,20H,1-4,9-15H2. The minimum Gasteiger partial charge on any atom is -0.484 e. The van der Waals surface area contributed by atoms with Gasteiger partial charge in [-0.05, 0) is 56.5 Å². The normalized spacial score (nSPS) is 18.6. The van der Waals surface area contributed by atoms with Gasteiger partial charge in [-0.1, -0.05) is 0 Å². The molecule has 0 saturated carbocycles. The topological polar surface area (TPSA) is 61.9 Å². The lowest BCUT2D eigenvalue weighted by Gasteiger charge is -2.26. The van der Waals surface area contributed by atoms with Crippen LogP contribution in [-0.2, 0) is 4.79 Å². The largest absolute Gasteiger partial charge is 0.484 e. The van der Waals surface area contributed by atoms with Gasteiger partial charge in [-0.3, -0.25) is 9.59 Å². The molecule has 0 atom stereocenters. The molecule has 0 spiro atoms. The molecular formula is C19H27N3O3. The SMILES string of the molecule is O=C(COc1ccc(C(=O)N2CCCNCC2)cc1)N1CCCCC1. The van der Waals surface area contributed by atoms with Gasteiger partial charge in [-0.15, -0.1) is 0 Å². The number of hydrogen-bond donors (Lipinski definition) is 1. The predicted octanol–water partition coefficient (Wildman–Crippen LogP) is 1.51. The summed E-state index contributed by atoms with van der Waals surface area (Å²) in [5.41, 5.74) is 0.664. The Balaban J connectivity index is 1.51. The summed E-state index contributed by atoms with van der Waals surface area (Å²) in [4.78, 5) is 28.4. The number of benzene rings is 1. The van der Waals surface area contributed by atoms with E-state index in [2.05, 4.69) is 5.32 Å². The second-order valence-corrected chi connectivity index (χ2v) is 6.65. The van der Waals surface area contributed by atoms with Crippen LogP contribution in [-0.4, -0.2) is 67.5 Å². The summed E-state index contributed by atoms with van der Waals surface area (Å²) in [6, 6.07) is 7.10. The van der Waals surface area contributed by atoms with E-state index < -0.39 is 0 Å². The van der Waals surface area contributed by atoms with Crippen molar-refractivity contribution in [2.75, 3.05) is 45.9 Å². The number of piperidine rings is 1. The average molecular weight is 345 g/mol. The van der Waals surface area contributed by atoms with Crippen LogP contribution in [0.25, 0.3) is 0 Å². The van der Waals surface area contributed by atoms with E-state index in [1.807, 2.05) is 9.80 Å². The summed E-state index contributed by atoms with van der Waals surface area (Å²) in [6.45, 7) is 5.05. The van der Waals surface area contributed by atoms with Gasteiger partial charge in [-0.25, -0.2) is 0 Å². The average Bonchev–Trinajstić information content (AvgIpc) is 2.96. The number of carbonyl (C=O) groups excluding carboxylic acids is 2. The highest BCUT2D eigenvalue weighted by Gasteiger charge is 2.18. The first-order valence-corrected chi connectivity index (χ1v) is 9.25. The molecule has 1 N–H and O–H groups in total. The minimum absolute atomic E-state index is 0.0388. The van der Waals surface area contributed by atoms with Crippen molar-refractivity contribution in [2.24, 2.45) is 0 Å². The Kier molecular flexibility index (Phi) is 6.28. The van der Waals surface area contributed by atoms with Gasteiger partial charge in [0.05, 0.1) is 0 Å². The quantitative estimate of drug-likeness (QED) is 0.899. The summed E-state index contributed by atoms with van der Waals surface area (Å²) >= 11 is 0. The molecule has 6 nitrogen and oxygen atoms in total. The number of hydrogen-bond acceptors (Lipinski definition) is 4. The third-order valence-electron chi connectivity index (χ3n) is 4.80. The van der Waals surface area contributed by atoms with Crippen molar-refractivity contribution in [3.05, 3.63) is 29.8 Å².